The molecule has 0 saturated carbocycles. The predicted octanol–water partition coefficient (Wildman–Crippen LogP) is 20.3. The van der Waals surface area contributed by atoms with E-state index >= 15 is 0 Å². The third-order valence-corrected chi connectivity index (χ3v) is 14.5. The monoisotopic (exact) mass is 939 g/mol. The average Bonchev–Trinajstić information content (AvgIpc) is 3.38. The van der Waals surface area contributed by atoms with E-state index < -0.39 is 0 Å². The highest BCUT2D eigenvalue weighted by atomic mass is 15.2. The lowest BCUT2D eigenvalue weighted by molar-refractivity contribution is 0.588. The summed E-state index contributed by atoms with van der Waals surface area (Å²) in [7, 11) is 0. The maximum Gasteiger partial charge on any atom is 0.0619 e. The summed E-state index contributed by atoms with van der Waals surface area (Å²) < 4.78 is 0. The van der Waals surface area contributed by atoms with Gasteiger partial charge in [-0.05, 0) is 109 Å². The van der Waals surface area contributed by atoms with Crippen LogP contribution in [0, 0.1) is 0 Å². The fourth-order valence-electron chi connectivity index (χ4n) is 10.9. The van der Waals surface area contributed by atoms with E-state index in [1.54, 1.807) is 0 Å². The van der Waals surface area contributed by atoms with Crippen molar-refractivity contribution in [3.63, 3.8) is 0 Å². The molecule has 72 heavy (non-hydrogen) atoms. The van der Waals surface area contributed by atoms with E-state index in [0.29, 0.717) is 0 Å². The SMILES string of the molecule is C=C(/C=C\C)c1ccc(/C=C/c2ccc(-c3c4ccccc4c(N4c5ccccc5C(C)(C)c5ccccc54)c4ccccc34)cc2)cc1C(C)(C)C.CC1(C)c2ccccc2Nc2ccccc21.CCC. The van der Waals surface area contributed by atoms with E-state index in [1.165, 1.54) is 112 Å². The zero-order chi connectivity index (χ0) is 50.8. The summed E-state index contributed by atoms with van der Waals surface area (Å²) in [6, 6.07) is 68.6. The molecule has 0 saturated heterocycles. The van der Waals surface area contributed by atoms with Crippen LogP contribution < -0.4 is 10.2 Å². The highest BCUT2D eigenvalue weighted by Gasteiger charge is 2.38. The van der Waals surface area contributed by atoms with Gasteiger partial charge in [0.25, 0.3) is 0 Å². The maximum absolute atomic E-state index is 4.33. The summed E-state index contributed by atoms with van der Waals surface area (Å²) in [6.07, 6.45) is 9.84. The lowest BCUT2D eigenvalue weighted by Crippen LogP contribution is -2.30. The Kier molecular flexibility index (Phi) is 13.8. The minimum Gasteiger partial charge on any atom is -0.355 e. The van der Waals surface area contributed by atoms with Gasteiger partial charge in [0.05, 0.1) is 17.1 Å². The van der Waals surface area contributed by atoms with E-state index in [-0.39, 0.29) is 16.2 Å². The van der Waals surface area contributed by atoms with Crippen LogP contribution in [0.2, 0.25) is 0 Å². The van der Waals surface area contributed by atoms with Crippen LogP contribution in [0.15, 0.2) is 207 Å². The quantitative estimate of drug-likeness (QED) is 0.102. The summed E-state index contributed by atoms with van der Waals surface area (Å²) >= 11 is 0. The third kappa shape index (κ3) is 9.23. The Bertz CT molecular complexity index is 3340. The zero-order valence-electron chi connectivity index (χ0n) is 44.1. The lowest BCUT2D eigenvalue weighted by atomic mass is 9.73. The lowest BCUT2D eigenvalue weighted by Gasteiger charge is -2.42. The van der Waals surface area contributed by atoms with Crippen molar-refractivity contribution in [3.05, 3.63) is 251 Å². The molecule has 2 aliphatic heterocycles. The van der Waals surface area contributed by atoms with E-state index in [9.17, 15) is 0 Å². The number of allylic oxidation sites excluding steroid dienone is 3. The highest BCUT2D eigenvalue weighted by molar-refractivity contribution is 6.22. The molecule has 0 aliphatic carbocycles. The summed E-state index contributed by atoms with van der Waals surface area (Å²) in [4.78, 5) is 2.52. The van der Waals surface area contributed by atoms with Gasteiger partial charge in [-0.1, -0.05) is 263 Å². The zero-order valence-corrected chi connectivity index (χ0v) is 44.1. The number of hydrogen-bond donors (Lipinski definition) is 1. The fourth-order valence-corrected chi connectivity index (χ4v) is 10.9. The van der Waals surface area contributed by atoms with Crippen molar-refractivity contribution in [1.29, 1.82) is 0 Å². The number of fused-ring (bicyclic) bond motifs is 6. The van der Waals surface area contributed by atoms with Gasteiger partial charge in [0.2, 0.25) is 0 Å². The van der Waals surface area contributed by atoms with Crippen molar-refractivity contribution < 1.29 is 0 Å². The van der Waals surface area contributed by atoms with Crippen molar-refractivity contribution in [1.82, 2.24) is 0 Å². The summed E-state index contributed by atoms with van der Waals surface area (Å²) in [6.45, 7) is 26.7. The average molecular weight is 939 g/mol. The summed E-state index contributed by atoms with van der Waals surface area (Å²) in [5.41, 5.74) is 19.9. The van der Waals surface area contributed by atoms with Crippen LogP contribution in [0.1, 0.15) is 120 Å². The number of para-hydroxylation sites is 4. The van der Waals surface area contributed by atoms with Crippen LogP contribution in [0.3, 0.4) is 0 Å². The molecule has 1 N–H and O–H groups in total. The minimum absolute atomic E-state index is 0.00378. The van der Waals surface area contributed by atoms with Gasteiger partial charge in [-0.3, -0.25) is 0 Å². The van der Waals surface area contributed by atoms with Gasteiger partial charge < -0.3 is 10.2 Å². The van der Waals surface area contributed by atoms with E-state index in [1.807, 2.05) is 6.92 Å². The second-order valence-electron chi connectivity index (χ2n) is 21.4. The topological polar surface area (TPSA) is 15.3 Å². The Labute approximate surface area is 430 Å². The Morgan fingerprint density at radius 3 is 1.44 bits per heavy atom. The Hall–Kier alpha value is -7.68. The van der Waals surface area contributed by atoms with Crippen LogP contribution in [0.5, 0.6) is 0 Å². The van der Waals surface area contributed by atoms with Crippen molar-refractivity contribution in [2.24, 2.45) is 0 Å². The van der Waals surface area contributed by atoms with Gasteiger partial charge in [-0.15, -0.1) is 0 Å². The Morgan fingerprint density at radius 2 is 0.944 bits per heavy atom. The van der Waals surface area contributed by atoms with Gasteiger partial charge in [0.1, 0.15) is 0 Å². The number of nitrogens with zero attached hydrogens (tertiary/aromatic N) is 1. The van der Waals surface area contributed by atoms with Crippen LogP contribution in [0.25, 0.3) is 50.4 Å². The number of nitrogens with one attached hydrogen (secondary N) is 1. The van der Waals surface area contributed by atoms with Gasteiger partial charge in [-0.25, -0.2) is 0 Å². The molecule has 2 nitrogen and oxygen atoms in total. The molecule has 11 rings (SSSR count). The molecular weight excluding hydrogens is 869 g/mol. The standard InChI is InChI=1S/C52H47N.C15H15N.C3H8/c1-8-17-35(2)39-33-30-37(34-46(39)51(3,4)5)27-26-36-28-31-38(32-29-36)49-40-18-9-11-20-42(40)50(43-21-12-10-19-41(43)49)53-47-24-15-13-22-44(47)52(6,7)45-23-14-16-25-48(45)53;1-15(2)11-7-3-5-9-13(11)16-14-10-6-4-8-12(14)15;1-3-2/h8-34H,2H2,1,3-7H3;3-10,16H,1-2H3;3H2,1-2H3/b17-8-,27-26+;;. The smallest absolute Gasteiger partial charge is 0.0619 e. The molecule has 0 aromatic heterocycles. The molecule has 2 heteroatoms. The molecule has 0 bridgehead atoms. The molecule has 0 radical (unpaired) electrons. The van der Waals surface area contributed by atoms with E-state index in [4.69, 9.17) is 0 Å². The van der Waals surface area contributed by atoms with Gasteiger partial charge in [0, 0.05) is 33.0 Å². The molecule has 0 atom stereocenters. The largest absolute Gasteiger partial charge is 0.355 e. The second-order valence-corrected chi connectivity index (χ2v) is 21.4. The molecule has 0 unspecified atom stereocenters. The highest BCUT2D eigenvalue weighted by Crippen LogP contribution is 2.55. The van der Waals surface area contributed by atoms with E-state index in [2.05, 4.69) is 291 Å². The van der Waals surface area contributed by atoms with Gasteiger partial charge >= 0.3 is 0 Å². The number of benzene rings is 9. The third-order valence-electron chi connectivity index (χ3n) is 14.5. The Morgan fingerprint density at radius 1 is 0.528 bits per heavy atom. The first-order chi connectivity index (χ1) is 34.7. The first-order valence-electron chi connectivity index (χ1n) is 25.8. The van der Waals surface area contributed by atoms with E-state index in [0.717, 1.165) is 5.57 Å². The van der Waals surface area contributed by atoms with Crippen LogP contribution in [0.4, 0.5) is 28.4 Å². The van der Waals surface area contributed by atoms with Crippen LogP contribution in [-0.4, -0.2) is 0 Å². The minimum atomic E-state index is -0.120. The van der Waals surface area contributed by atoms with Crippen LogP contribution in [-0.2, 0) is 16.2 Å². The molecule has 2 heterocycles. The first-order valence-corrected chi connectivity index (χ1v) is 25.8. The number of hydrogen-bond acceptors (Lipinski definition) is 2. The number of rotatable bonds is 6. The predicted molar refractivity (Wildman–Crippen MR) is 316 cm³/mol. The molecule has 360 valence electrons. The van der Waals surface area contributed by atoms with Crippen molar-refractivity contribution in [2.75, 3.05) is 10.2 Å². The molecule has 9 aromatic rings. The number of anilines is 5. The molecular formula is C70H70N2. The molecule has 9 aromatic carbocycles. The van der Waals surface area contributed by atoms with Crippen molar-refractivity contribution in [3.8, 4) is 11.1 Å². The fraction of sp³-hybridized carbons (Fsp3) is 0.200. The Balaban J connectivity index is 0.000000281. The second kappa shape index (κ2) is 20.2. The van der Waals surface area contributed by atoms with Crippen molar-refractivity contribution >= 4 is 67.7 Å². The molecule has 0 fully saturated rings. The normalized spacial score (nSPS) is 14.0. The summed E-state index contributed by atoms with van der Waals surface area (Å²) in [5.74, 6) is 0. The van der Waals surface area contributed by atoms with Gasteiger partial charge in [0.15, 0.2) is 0 Å². The molecule has 2 aliphatic rings. The van der Waals surface area contributed by atoms with Crippen molar-refractivity contribution in [2.45, 2.75) is 91.9 Å². The van der Waals surface area contributed by atoms with Gasteiger partial charge in [-0.2, -0.15) is 0 Å². The molecule has 0 spiro atoms. The maximum atomic E-state index is 4.33. The molecule has 0 amide bonds. The first kappa shape index (κ1) is 49.3. The summed E-state index contributed by atoms with van der Waals surface area (Å²) in [5, 5.41) is 8.47. The van der Waals surface area contributed by atoms with Crippen LogP contribution >= 0.6 is 0 Å².